The van der Waals surface area contributed by atoms with E-state index in [-0.39, 0.29) is 5.78 Å². The average Bonchev–Trinajstić information content (AvgIpc) is 2.24. The first-order valence-electron chi connectivity index (χ1n) is 5.79. The summed E-state index contributed by atoms with van der Waals surface area (Å²) in [6, 6.07) is 0. The topological polar surface area (TPSA) is 57.5 Å². The number of unbranched alkanes of at least 4 members (excludes halogenated alkanes) is 2. The van der Waals surface area contributed by atoms with Crippen molar-refractivity contribution in [2.75, 3.05) is 0 Å². The predicted molar refractivity (Wildman–Crippen MR) is 65.1 cm³/mol. The number of ketones is 1. The van der Waals surface area contributed by atoms with Crippen molar-refractivity contribution in [2.24, 2.45) is 0 Å². The molecule has 0 saturated heterocycles. The molecule has 0 radical (unpaired) electrons. The van der Waals surface area contributed by atoms with Crippen LogP contribution in [-0.2, 0) is 4.79 Å². The van der Waals surface area contributed by atoms with Gasteiger partial charge >= 0.3 is 0 Å². The van der Waals surface area contributed by atoms with Gasteiger partial charge in [-0.05, 0) is 19.4 Å². The largest absolute Gasteiger partial charge is 0.390 e. The van der Waals surface area contributed by atoms with Gasteiger partial charge in [-0.3, -0.25) is 4.79 Å². The number of allylic oxidation sites excluding steroid dienone is 3. The molecule has 0 rings (SSSR count). The Bertz CT molecular complexity index is 244. The molecule has 0 fully saturated rings. The van der Waals surface area contributed by atoms with E-state index in [1.165, 1.54) is 19.1 Å². The summed E-state index contributed by atoms with van der Waals surface area (Å²) < 4.78 is 0. The number of carbonyl (C=O) groups is 1. The molecule has 2 atom stereocenters. The van der Waals surface area contributed by atoms with Crippen LogP contribution in [0, 0.1) is 0 Å². The van der Waals surface area contributed by atoms with Crippen molar-refractivity contribution in [1.29, 1.82) is 0 Å². The van der Waals surface area contributed by atoms with Crippen molar-refractivity contribution >= 4 is 5.78 Å². The number of hydrogen-bond acceptors (Lipinski definition) is 3. The third kappa shape index (κ3) is 8.38. The monoisotopic (exact) mass is 226 g/mol. The summed E-state index contributed by atoms with van der Waals surface area (Å²) in [5.41, 5.74) is 0. The molecule has 0 amide bonds. The first-order valence-corrected chi connectivity index (χ1v) is 5.79. The van der Waals surface area contributed by atoms with Crippen molar-refractivity contribution in [3.63, 3.8) is 0 Å². The van der Waals surface area contributed by atoms with E-state index in [1.807, 2.05) is 0 Å². The Kier molecular flexibility index (Phi) is 8.77. The third-order valence-electron chi connectivity index (χ3n) is 2.25. The van der Waals surface area contributed by atoms with Crippen LogP contribution in [0.1, 0.15) is 39.5 Å². The first kappa shape index (κ1) is 15.1. The minimum atomic E-state index is -0.853. The normalized spacial score (nSPS) is 15.8. The molecule has 0 heterocycles. The van der Waals surface area contributed by atoms with Crippen molar-refractivity contribution < 1.29 is 15.0 Å². The second-order valence-corrected chi connectivity index (χ2v) is 3.91. The van der Waals surface area contributed by atoms with Crippen LogP contribution in [-0.4, -0.2) is 28.2 Å². The highest BCUT2D eigenvalue weighted by Crippen LogP contribution is 2.07. The molecule has 0 aliphatic rings. The summed E-state index contributed by atoms with van der Waals surface area (Å²) in [5, 5.41) is 19.1. The smallest absolute Gasteiger partial charge is 0.152 e. The van der Waals surface area contributed by atoms with Gasteiger partial charge in [-0.1, -0.05) is 44.4 Å². The fourth-order valence-electron chi connectivity index (χ4n) is 1.27. The van der Waals surface area contributed by atoms with E-state index in [0.717, 1.165) is 19.3 Å². The molecule has 16 heavy (non-hydrogen) atoms. The van der Waals surface area contributed by atoms with Crippen LogP contribution in [0.3, 0.4) is 0 Å². The molecular formula is C13H22O3. The number of aliphatic hydroxyl groups excluding tert-OH is 2. The van der Waals surface area contributed by atoms with Gasteiger partial charge in [0.15, 0.2) is 5.78 Å². The molecule has 3 nitrogen and oxygen atoms in total. The fourth-order valence-corrected chi connectivity index (χ4v) is 1.27. The van der Waals surface area contributed by atoms with E-state index in [1.54, 1.807) is 12.2 Å². The minimum Gasteiger partial charge on any atom is -0.390 e. The van der Waals surface area contributed by atoms with Gasteiger partial charge in [0.1, 0.15) is 0 Å². The van der Waals surface area contributed by atoms with E-state index in [0.29, 0.717) is 6.42 Å². The van der Waals surface area contributed by atoms with Gasteiger partial charge in [0.2, 0.25) is 0 Å². The molecule has 92 valence electrons. The Balaban J connectivity index is 3.85. The number of rotatable bonds is 8. The van der Waals surface area contributed by atoms with Gasteiger partial charge < -0.3 is 10.2 Å². The first-order chi connectivity index (χ1) is 7.57. The zero-order valence-electron chi connectivity index (χ0n) is 10.1. The van der Waals surface area contributed by atoms with Crippen molar-refractivity contribution in [1.82, 2.24) is 0 Å². The van der Waals surface area contributed by atoms with Crippen LogP contribution in [0.25, 0.3) is 0 Å². The summed E-state index contributed by atoms with van der Waals surface area (Å²) in [4.78, 5) is 10.6. The highest BCUT2D eigenvalue weighted by Gasteiger charge is 2.11. The quantitative estimate of drug-likeness (QED) is 0.378. The van der Waals surface area contributed by atoms with Gasteiger partial charge in [-0.2, -0.15) is 0 Å². The molecule has 0 saturated carbocycles. The molecule has 2 unspecified atom stereocenters. The van der Waals surface area contributed by atoms with Crippen molar-refractivity contribution in [3.05, 3.63) is 24.3 Å². The summed E-state index contributed by atoms with van der Waals surface area (Å²) in [5.74, 6) is -0.0392. The van der Waals surface area contributed by atoms with Crippen LogP contribution in [0.4, 0.5) is 0 Å². The second-order valence-electron chi connectivity index (χ2n) is 3.91. The van der Waals surface area contributed by atoms with Crippen LogP contribution in [0.5, 0.6) is 0 Å². The lowest BCUT2D eigenvalue weighted by molar-refractivity contribution is -0.112. The van der Waals surface area contributed by atoms with Crippen LogP contribution < -0.4 is 0 Å². The summed E-state index contributed by atoms with van der Waals surface area (Å²) >= 11 is 0. The summed E-state index contributed by atoms with van der Waals surface area (Å²) in [6.07, 6.45) is 8.17. The number of hydrogen-bond donors (Lipinski definition) is 2. The number of carbonyl (C=O) groups excluding carboxylic acids is 1. The number of aliphatic hydroxyl groups is 2. The maximum atomic E-state index is 10.6. The summed E-state index contributed by atoms with van der Waals surface area (Å²) in [7, 11) is 0. The van der Waals surface area contributed by atoms with Gasteiger partial charge in [0.05, 0.1) is 12.2 Å². The molecule has 0 aliphatic carbocycles. The minimum absolute atomic E-state index is 0.0392. The fraction of sp³-hybridized carbons (Fsp3) is 0.615. The van der Waals surface area contributed by atoms with E-state index in [4.69, 9.17) is 0 Å². The van der Waals surface area contributed by atoms with Crippen molar-refractivity contribution in [2.45, 2.75) is 51.7 Å². The molecule has 0 spiro atoms. The maximum absolute atomic E-state index is 10.6. The SMILES string of the molecule is CCCCCC(O)C(O)/C=C/C=C/C(C)=O. The Labute approximate surface area is 97.5 Å². The summed E-state index contributed by atoms with van der Waals surface area (Å²) in [6.45, 7) is 3.55. The second kappa shape index (κ2) is 9.31. The van der Waals surface area contributed by atoms with Crippen LogP contribution in [0.2, 0.25) is 0 Å². The molecule has 3 heteroatoms. The zero-order chi connectivity index (χ0) is 12.4. The molecule has 0 bridgehead atoms. The van der Waals surface area contributed by atoms with Gasteiger partial charge in [0, 0.05) is 0 Å². The van der Waals surface area contributed by atoms with E-state index in [2.05, 4.69) is 6.92 Å². The van der Waals surface area contributed by atoms with E-state index >= 15 is 0 Å². The lowest BCUT2D eigenvalue weighted by Gasteiger charge is -2.13. The molecule has 0 aliphatic heterocycles. The van der Waals surface area contributed by atoms with Crippen LogP contribution >= 0.6 is 0 Å². The predicted octanol–water partition coefficient (Wildman–Crippen LogP) is 1.99. The molecule has 0 aromatic carbocycles. The lowest BCUT2D eigenvalue weighted by Crippen LogP contribution is -2.23. The molecular weight excluding hydrogens is 204 g/mol. The molecule has 0 aromatic heterocycles. The van der Waals surface area contributed by atoms with E-state index < -0.39 is 12.2 Å². The lowest BCUT2D eigenvalue weighted by atomic mass is 10.1. The zero-order valence-corrected chi connectivity index (χ0v) is 10.1. The van der Waals surface area contributed by atoms with Crippen LogP contribution in [0.15, 0.2) is 24.3 Å². The van der Waals surface area contributed by atoms with Crippen molar-refractivity contribution in [3.8, 4) is 0 Å². The van der Waals surface area contributed by atoms with Gasteiger partial charge in [0.25, 0.3) is 0 Å². The highest BCUT2D eigenvalue weighted by atomic mass is 16.3. The average molecular weight is 226 g/mol. The highest BCUT2D eigenvalue weighted by molar-refractivity contribution is 5.87. The Hall–Kier alpha value is -0.930. The molecule has 0 aromatic rings. The van der Waals surface area contributed by atoms with Gasteiger partial charge in [-0.15, -0.1) is 0 Å². The third-order valence-corrected chi connectivity index (χ3v) is 2.25. The Morgan fingerprint density at radius 3 is 2.50 bits per heavy atom. The standard InChI is InChI=1S/C13H22O3/c1-3-4-5-9-12(15)13(16)10-7-6-8-11(2)14/h6-8,10,12-13,15-16H,3-5,9H2,1-2H3/b8-6+,10-7+. The Morgan fingerprint density at radius 2 is 1.94 bits per heavy atom. The maximum Gasteiger partial charge on any atom is 0.152 e. The molecule has 2 N–H and O–H groups in total. The Morgan fingerprint density at radius 1 is 1.25 bits per heavy atom. The van der Waals surface area contributed by atoms with E-state index in [9.17, 15) is 15.0 Å². The van der Waals surface area contributed by atoms with Gasteiger partial charge in [-0.25, -0.2) is 0 Å².